The molecular formula is C68H62N4. The molecule has 0 spiro atoms. The van der Waals surface area contributed by atoms with Gasteiger partial charge in [0.2, 0.25) is 0 Å². The average molecular weight is 935 g/mol. The standard InChI is InChI=1S/C68H62N4/c1-41(2)45-17-25-51(26-18-45)69(52-27-19-46(20-28-52)42(3)4)63-35-33-55-57-39-66-58(40-65(57)71-61-15-11-9-13-49(61)37-59(63)67(55)71)56-34-36-64(60-38-50-14-10-12-16-62(50)72(66)68(56)60)70(53-29-21-47(22-30-53)43(5)6)54-31-23-48(24-32-54)44(7)8/h9-36,39-44H,37-38H2,1-8H3. The Kier molecular flexibility index (Phi) is 10.4. The Hall–Kier alpha value is -7.82. The van der Waals surface area contributed by atoms with Gasteiger partial charge >= 0.3 is 0 Å². The topological polar surface area (TPSA) is 16.3 Å². The van der Waals surface area contributed by atoms with Gasteiger partial charge in [0.05, 0.1) is 33.4 Å². The van der Waals surface area contributed by atoms with Gasteiger partial charge in [0.1, 0.15) is 0 Å². The van der Waals surface area contributed by atoms with Crippen LogP contribution >= 0.6 is 0 Å². The molecule has 72 heavy (non-hydrogen) atoms. The number of hydrogen-bond donors (Lipinski definition) is 0. The Morgan fingerprint density at radius 2 is 0.639 bits per heavy atom. The molecule has 354 valence electrons. The Bertz CT molecular complexity index is 3540. The van der Waals surface area contributed by atoms with E-state index in [1.165, 1.54) is 134 Å². The van der Waals surface area contributed by atoms with Gasteiger partial charge in [-0.2, -0.15) is 0 Å². The van der Waals surface area contributed by atoms with Gasteiger partial charge in [-0.25, -0.2) is 0 Å². The van der Waals surface area contributed by atoms with Crippen LogP contribution in [-0.2, 0) is 12.8 Å². The number of aromatic nitrogens is 2. The van der Waals surface area contributed by atoms with E-state index in [0.717, 1.165) is 12.8 Å². The van der Waals surface area contributed by atoms with Crippen LogP contribution < -0.4 is 9.80 Å². The molecule has 0 aliphatic carbocycles. The third-order valence-corrected chi connectivity index (χ3v) is 16.1. The molecule has 2 aliphatic rings. The normalized spacial score (nSPS) is 12.8. The molecule has 0 bridgehead atoms. The van der Waals surface area contributed by atoms with Crippen LogP contribution in [0.1, 0.15) is 124 Å². The predicted molar refractivity (Wildman–Crippen MR) is 306 cm³/mol. The first-order valence-corrected chi connectivity index (χ1v) is 26.3. The first-order chi connectivity index (χ1) is 35.0. The van der Waals surface area contributed by atoms with Gasteiger partial charge in [-0.05, 0) is 142 Å². The molecule has 0 saturated heterocycles. The van der Waals surface area contributed by atoms with E-state index in [4.69, 9.17) is 0 Å². The predicted octanol–water partition coefficient (Wildman–Crippen LogP) is 19.1. The largest absolute Gasteiger partial charge is 0.310 e. The molecule has 2 aromatic heterocycles. The van der Waals surface area contributed by atoms with E-state index in [1.807, 2.05) is 0 Å². The van der Waals surface area contributed by atoms with E-state index >= 15 is 0 Å². The summed E-state index contributed by atoms with van der Waals surface area (Å²) in [6.45, 7) is 18.2. The summed E-state index contributed by atoms with van der Waals surface area (Å²) < 4.78 is 5.19. The molecule has 0 amide bonds. The molecule has 0 radical (unpaired) electrons. The van der Waals surface area contributed by atoms with Gasteiger partial charge < -0.3 is 18.9 Å². The van der Waals surface area contributed by atoms with Crippen molar-refractivity contribution < 1.29 is 0 Å². The summed E-state index contributed by atoms with van der Waals surface area (Å²) in [7, 11) is 0. The zero-order valence-electron chi connectivity index (χ0n) is 42.8. The summed E-state index contributed by atoms with van der Waals surface area (Å²) in [6.07, 6.45) is 1.68. The van der Waals surface area contributed by atoms with Crippen LogP contribution in [0.3, 0.4) is 0 Å². The Balaban J connectivity index is 1.07. The molecule has 4 heterocycles. The van der Waals surface area contributed by atoms with E-state index in [0.29, 0.717) is 23.7 Å². The minimum Gasteiger partial charge on any atom is -0.310 e. The van der Waals surface area contributed by atoms with Crippen LogP contribution in [-0.4, -0.2) is 9.13 Å². The lowest BCUT2D eigenvalue weighted by molar-refractivity contribution is 0.865. The Labute approximate surface area is 424 Å². The lowest BCUT2D eigenvalue weighted by Crippen LogP contribution is -2.16. The van der Waals surface area contributed by atoms with Gasteiger partial charge in [-0.1, -0.05) is 152 Å². The second kappa shape index (κ2) is 16.9. The molecule has 0 saturated carbocycles. The summed E-state index contributed by atoms with van der Waals surface area (Å²) in [5, 5.41) is 5.12. The van der Waals surface area contributed by atoms with Gasteiger partial charge in [0, 0.05) is 79.6 Å². The third kappa shape index (κ3) is 6.86. The van der Waals surface area contributed by atoms with Gasteiger partial charge in [-0.3, -0.25) is 0 Å². The molecule has 13 rings (SSSR count). The molecule has 0 atom stereocenters. The number of hydrogen-bond acceptors (Lipinski definition) is 2. The molecule has 0 N–H and O–H groups in total. The van der Waals surface area contributed by atoms with Gasteiger partial charge in [-0.15, -0.1) is 0 Å². The quantitative estimate of drug-likeness (QED) is 0.136. The zero-order chi connectivity index (χ0) is 49.1. The van der Waals surface area contributed by atoms with Crippen molar-refractivity contribution in [2.24, 2.45) is 0 Å². The molecular weight excluding hydrogens is 873 g/mol. The van der Waals surface area contributed by atoms with E-state index in [-0.39, 0.29) is 0 Å². The van der Waals surface area contributed by atoms with Crippen molar-refractivity contribution >= 4 is 77.7 Å². The van der Waals surface area contributed by atoms with Crippen LogP contribution in [0.15, 0.2) is 182 Å². The van der Waals surface area contributed by atoms with Gasteiger partial charge in [0.25, 0.3) is 0 Å². The second-order valence-corrected chi connectivity index (χ2v) is 21.7. The van der Waals surface area contributed by atoms with Crippen molar-refractivity contribution in [3.8, 4) is 11.4 Å². The Morgan fingerprint density at radius 1 is 0.333 bits per heavy atom. The van der Waals surface area contributed by atoms with Crippen molar-refractivity contribution in [3.63, 3.8) is 0 Å². The summed E-state index contributed by atoms with van der Waals surface area (Å²) in [6, 6.07) is 69.8. The molecule has 4 nitrogen and oxygen atoms in total. The fourth-order valence-corrected chi connectivity index (χ4v) is 12.1. The van der Waals surface area contributed by atoms with E-state index in [1.54, 1.807) is 0 Å². The second-order valence-electron chi connectivity index (χ2n) is 21.7. The van der Waals surface area contributed by atoms with Crippen molar-refractivity contribution in [1.29, 1.82) is 0 Å². The number of para-hydroxylation sites is 2. The zero-order valence-corrected chi connectivity index (χ0v) is 42.8. The lowest BCUT2D eigenvalue weighted by atomic mass is 9.94. The molecule has 0 fully saturated rings. The van der Waals surface area contributed by atoms with Crippen molar-refractivity contribution in [2.75, 3.05) is 9.80 Å². The fourth-order valence-electron chi connectivity index (χ4n) is 12.1. The highest BCUT2D eigenvalue weighted by Gasteiger charge is 2.31. The van der Waals surface area contributed by atoms with Crippen LogP contribution in [0.5, 0.6) is 0 Å². The third-order valence-electron chi connectivity index (χ3n) is 16.1. The summed E-state index contributed by atoms with van der Waals surface area (Å²) in [5.41, 5.74) is 25.5. The van der Waals surface area contributed by atoms with Crippen LogP contribution in [0.2, 0.25) is 0 Å². The lowest BCUT2D eigenvalue weighted by Gasteiger charge is -2.31. The summed E-state index contributed by atoms with van der Waals surface area (Å²) in [5.74, 6) is 1.83. The highest BCUT2D eigenvalue weighted by atomic mass is 15.2. The minimum atomic E-state index is 0.456. The van der Waals surface area contributed by atoms with Crippen LogP contribution in [0, 0.1) is 0 Å². The van der Waals surface area contributed by atoms with E-state index in [9.17, 15) is 0 Å². The van der Waals surface area contributed by atoms with Crippen LogP contribution in [0.25, 0.3) is 55.0 Å². The van der Waals surface area contributed by atoms with Gasteiger partial charge in [0.15, 0.2) is 0 Å². The molecule has 0 unspecified atom stereocenters. The van der Waals surface area contributed by atoms with E-state index in [2.05, 4.69) is 256 Å². The first kappa shape index (κ1) is 44.1. The summed E-state index contributed by atoms with van der Waals surface area (Å²) >= 11 is 0. The van der Waals surface area contributed by atoms with Crippen molar-refractivity contribution in [3.05, 3.63) is 226 Å². The number of rotatable bonds is 10. The molecule has 11 aromatic rings. The SMILES string of the molecule is CC(C)c1ccc(N(c2ccc(C(C)C)cc2)c2ccc3c4cc5c(cc4n4c3c2Cc2ccccc2-4)c2ccc(N(c3ccc(C(C)C)cc3)c3ccc(C(C)C)cc3)c3c2n5-c2ccccc2C3)cc1. The molecule has 2 aliphatic heterocycles. The first-order valence-electron chi connectivity index (χ1n) is 26.3. The maximum Gasteiger partial charge on any atom is 0.0597 e. The average Bonchev–Trinajstić information content (AvgIpc) is 3.91. The summed E-state index contributed by atoms with van der Waals surface area (Å²) in [4.78, 5) is 5.00. The number of benzene rings is 9. The Morgan fingerprint density at radius 3 is 0.944 bits per heavy atom. The number of nitrogens with zero attached hydrogens (tertiary/aromatic N) is 4. The number of anilines is 6. The van der Waals surface area contributed by atoms with Crippen molar-refractivity contribution in [1.82, 2.24) is 9.13 Å². The maximum absolute atomic E-state index is 2.60. The van der Waals surface area contributed by atoms with Crippen LogP contribution in [0.4, 0.5) is 34.1 Å². The molecule has 4 heteroatoms. The highest BCUT2D eigenvalue weighted by molar-refractivity contribution is 6.21. The van der Waals surface area contributed by atoms with E-state index < -0.39 is 0 Å². The maximum atomic E-state index is 2.60. The fraction of sp³-hybridized carbons (Fsp3) is 0.206. The monoisotopic (exact) mass is 934 g/mol. The number of fused-ring (bicyclic) bond motifs is 10. The highest BCUT2D eigenvalue weighted by Crippen LogP contribution is 2.51. The van der Waals surface area contributed by atoms with Crippen molar-refractivity contribution in [2.45, 2.75) is 91.9 Å². The molecule has 9 aromatic carbocycles. The minimum absolute atomic E-state index is 0.456. The smallest absolute Gasteiger partial charge is 0.0597 e.